The molecule has 2 rings (SSSR count). The van der Waals surface area contributed by atoms with Gasteiger partial charge in [0.1, 0.15) is 11.6 Å². The van der Waals surface area contributed by atoms with E-state index in [1.165, 1.54) is 31.4 Å². The topological polar surface area (TPSA) is 55.4 Å². The summed E-state index contributed by atoms with van der Waals surface area (Å²) in [5.74, 6) is 0.173. The summed E-state index contributed by atoms with van der Waals surface area (Å²) >= 11 is 0. The second kappa shape index (κ2) is 6.69. The summed E-state index contributed by atoms with van der Waals surface area (Å²) in [5, 5.41) is 0. The lowest BCUT2D eigenvalue weighted by atomic mass is 10.1. The lowest BCUT2D eigenvalue weighted by Crippen LogP contribution is -2.26. The first kappa shape index (κ1) is 15.5. The zero-order chi connectivity index (χ0) is 15.3. The third kappa shape index (κ3) is 4.27. The van der Waals surface area contributed by atoms with E-state index in [2.05, 4.69) is 4.72 Å². The summed E-state index contributed by atoms with van der Waals surface area (Å²) in [6.45, 7) is 0.241. The van der Waals surface area contributed by atoms with Crippen molar-refractivity contribution < 1.29 is 17.5 Å². The minimum Gasteiger partial charge on any atom is -0.497 e. The van der Waals surface area contributed by atoms with Crippen molar-refractivity contribution in [1.29, 1.82) is 0 Å². The summed E-state index contributed by atoms with van der Waals surface area (Å²) in [4.78, 5) is 0.154. The fraction of sp³-hybridized carbons (Fsp3) is 0.200. The average molecular weight is 309 g/mol. The van der Waals surface area contributed by atoms with Crippen molar-refractivity contribution in [2.45, 2.75) is 11.3 Å². The Morgan fingerprint density at radius 1 is 1.14 bits per heavy atom. The number of methoxy groups -OCH3 is 1. The minimum atomic E-state index is -3.58. The van der Waals surface area contributed by atoms with E-state index in [4.69, 9.17) is 4.74 Å². The molecule has 0 aliphatic heterocycles. The van der Waals surface area contributed by atoms with E-state index < -0.39 is 10.0 Å². The molecule has 0 aliphatic carbocycles. The zero-order valence-corrected chi connectivity index (χ0v) is 12.4. The van der Waals surface area contributed by atoms with Gasteiger partial charge in [0.25, 0.3) is 0 Å². The van der Waals surface area contributed by atoms with Gasteiger partial charge in [-0.05, 0) is 36.2 Å². The Bertz CT molecular complexity index is 699. The maximum Gasteiger partial charge on any atom is 0.240 e. The van der Waals surface area contributed by atoms with Gasteiger partial charge in [-0.2, -0.15) is 0 Å². The Kier molecular flexibility index (Phi) is 4.93. The van der Waals surface area contributed by atoms with Crippen molar-refractivity contribution in [2.24, 2.45) is 0 Å². The van der Waals surface area contributed by atoms with Gasteiger partial charge < -0.3 is 4.74 Å². The van der Waals surface area contributed by atoms with E-state index >= 15 is 0 Å². The van der Waals surface area contributed by atoms with Crippen LogP contribution in [0.3, 0.4) is 0 Å². The van der Waals surface area contributed by atoms with E-state index in [1.54, 1.807) is 24.3 Å². The van der Waals surface area contributed by atoms with Crippen LogP contribution in [0.4, 0.5) is 4.39 Å². The van der Waals surface area contributed by atoms with Gasteiger partial charge in [0.2, 0.25) is 10.0 Å². The zero-order valence-electron chi connectivity index (χ0n) is 11.5. The van der Waals surface area contributed by atoms with Crippen molar-refractivity contribution in [3.8, 4) is 5.75 Å². The number of hydrogen-bond donors (Lipinski definition) is 1. The van der Waals surface area contributed by atoms with Crippen molar-refractivity contribution in [3.05, 3.63) is 59.9 Å². The van der Waals surface area contributed by atoms with Crippen molar-refractivity contribution in [2.75, 3.05) is 13.7 Å². The molecule has 4 nitrogen and oxygen atoms in total. The van der Waals surface area contributed by atoms with E-state index in [0.717, 1.165) is 5.56 Å². The molecule has 0 fully saturated rings. The molecule has 6 heteroatoms. The molecule has 2 aromatic carbocycles. The lowest BCUT2D eigenvalue weighted by molar-refractivity contribution is 0.413. The molecule has 21 heavy (non-hydrogen) atoms. The monoisotopic (exact) mass is 309 g/mol. The molecule has 0 unspecified atom stereocenters. The van der Waals surface area contributed by atoms with Gasteiger partial charge in [-0.25, -0.2) is 17.5 Å². The van der Waals surface area contributed by atoms with Crippen molar-refractivity contribution >= 4 is 10.0 Å². The summed E-state index contributed by atoms with van der Waals surface area (Å²) in [6.07, 6.45) is 0.490. The third-order valence-electron chi connectivity index (χ3n) is 2.97. The number of ether oxygens (including phenoxy) is 1. The number of sulfonamides is 1. The second-order valence-electron chi connectivity index (χ2n) is 4.45. The van der Waals surface area contributed by atoms with Crippen LogP contribution in [0, 0.1) is 5.82 Å². The standard InChI is InChI=1S/C15H16FNO3S/c1-20-14-3-2-4-15(11-14)21(18,19)17-10-9-12-5-7-13(16)8-6-12/h2-8,11,17H,9-10H2,1H3. The number of halogens is 1. The molecule has 0 amide bonds. The Hall–Kier alpha value is -1.92. The van der Waals surface area contributed by atoms with E-state index in [9.17, 15) is 12.8 Å². The predicted octanol–water partition coefficient (Wildman–Crippen LogP) is 2.36. The number of benzene rings is 2. The van der Waals surface area contributed by atoms with Gasteiger partial charge in [-0.15, -0.1) is 0 Å². The quantitative estimate of drug-likeness (QED) is 0.891. The summed E-state index contributed by atoms with van der Waals surface area (Å²) in [5.41, 5.74) is 0.866. The van der Waals surface area contributed by atoms with Crippen LogP contribution in [0.5, 0.6) is 5.75 Å². The normalized spacial score (nSPS) is 11.3. The molecular formula is C15H16FNO3S. The van der Waals surface area contributed by atoms with Gasteiger partial charge in [0.15, 0.2) is 0 Å². The maximum atomic E-state index is 12.8. The van der Waals surface area contributed by atoms with Gasteiger partial charge in [0.05, 0.1) is 12.0 Å². The van der Waals surface area contributed by atoms with E-state index in [-0.39, 0.29) is 17.3 Å². The van der Waals surface area contributed by atoms with E-state index in [1.807, 2.05) is 0 Å². The highest BCUT2D eigenvalue weighted by molar-refractivity contribution is 7.89. The van der Waals surface area contributed by atoms with Crippen molar-refractivity contribution in [3.63, 3.8) is 0 Å². The Labute approximate surface area is 123 Å². The molecule has 0 saturated carbocycles. The van der Waals surface area contributed by atoms with Crippen LogP contribution in [-0.4, -0.2) is 22.1 Å². The molecule has 2 aromatic rings. The van der Waals surface area contributed by atoms with Crippen LogP contribution in [0.15, 0.2) is 53.4 Å². The van der Waals surface area contributed by atoms with Crippen LogP contribution in [-0.2, 0) is 16.4 Å². The van der Waals surface area contributed by atoms with Gasteiger partial charge >= 0.3 is 0 Å². The van der Waals surface area contributed by atoms with E-state index in [0.29, 0.717) is 12.2 Å². The highest BCUT2D eigenvalue weighted by Gasteiger charge is 2.13. The summed E-state index contributed by atoms with van der Waals surface area (Å²) in [6, 6.07) is 12.2. The maximum absolute atomic E-state index is 12.8. The molecular weight excluding hydrogens is 293 g/mol. The van der Waals surface area contributed by atoms with Crippen LogP contribution >= 0.6 is 0 Å². The molecule has 112 valence electrons. The summed E-state index contributed by atoms with van der Waals surface area (Å²) in [7, 11) is -2.10. The molecule has 0 atom stereocenters. The SMILES string of the molecule is COc1cccc(S(=O)(=O)NCCc2ccc(F)cc2)c1. The molecule has 0 bridgehead atoms. The highest BCUT2D eigenvalue weighted by atomic mass is 32.2. The number of nitrogens with one attached hydrogen (secondary N) is 1. The lowest BCUT2D eigenvalue weighted by Gasteiger charge is -2.08. The van der Waals surface area contributed by atoms with Crippen molar-refractivity contribution in [1.82, 2.24) is 4.72 Å². The van der Waals surface area contributed by atoms with Crippen LogP contribution in [0.25, 0.3) is 0 Å². The number of hydrogen-bond acceptors (Lipinski definition) is 3. The summed E-state index contributed by atoms with van der Waals surface area (Å²) < 4.78 is 44.5. The van der Waals surface area contributed by atoms with Crippen LogP contribution < -0.4 is 9.46 Å². The molecule has 0 aliphatic rings. The molecule has 0 saturated heterocycles. The molecule has 0 radical (unpaired) electrons. The first-order valence-corrected chi connectivity index (χ1v) is 7.88. The first-order chi connectivity index (χ1) is 10.0. The van der Waals surface area contributed by atoms with Gasteiger partial charge in [0, 0.05) is 12.6 Å². The fourth-order valence-electron chi connectivity index (χ4n) is 1.83. The van der Waals surface area contributed by atoms with Crippen LogP contribution in [0.2, 0.25) is 0 Å². The van der Waals surface area contributed by atoms with Gasteiger partial charge in [-0.3, -0.25) is 0 Å². The highest BCUT2D eigenvalue weighted by Crippen LogP contribution is 2.16. The van der Waals surface area contributed by atoms with Gasteiger partial charge in [-0.1, -0.05) is 18.2 Å². The average Bonchev–Trinajstić information content (AvgIpc) is 2.49. The minimum absolute atomic E-state index is 0.154. The predicted molar refractivity (Wildman–Crippen MR) is 78.3 cm³/mol. The molecule has 0 spiro atoms. The first-order valence-electron chi connectivity index (χ1n) is 6.39. The second-order valence-corrected chi connectivity index (χ2v) is 6.22. The van der Waals surface area contributed by atoms with Crippen LogP contribution in [0.1, 0.15) is 5.56 Å². The Morgan fingerprint density at radius 2 is 1.86 bits per heavy atom. The Balaban J connectivity index is 1.99. The Morgan fingerprint density at radius 3 is 2.52 bits per heavy atom. The molecule has 0 heterocycles. The molecule has 1 N–H and O–H groups in total. The largest absolute Gasteiger partial charge is 0.497 e. The molecule has 0 aromatic heterocycles. The number of rotatable bonds is 6. The fourth-order valence-corrected chi connectivity index (χ4v) is 2.90. The third-order valence-corrected chi connectivity index (χ3v) is 4.43. The smallest absolute Gasteiger partial charge is 0.240 e.